The second-order valence-electron chi connectivity index (χ2n) is 5.73. The number of hydrogen-bond donors (Lipinski definition) is 1. The number of hydrogen-bond acceptors (Lipinski definition) is 4. The van der Waals surface area contributed by atoms with E-state index in [-0.39, 0.29) is 11.8 Å². The Labute approximate surface area is 139 Å². The standard InChI is InChI=1S/C16H20N4O2S/c1-11-4-5-15(23-11)13-10-14(18-17-13)16(22)20-7-3-6-19(8-9-20)12(2)21/h4-5,10H,3,6-9H2,1-2H3,(H,17,18). The van der Waals surface area contributed by atoms with Crippen LogP contribution in [0.3, 0.4) is 0 Å². The van der Waals surface area contributed by atoms with Gasteiger partial charge in [0.2, 0.25) is 5.91 Å². The summed E-state index contributed by atoms with van der Waals surface area (Å²) >= 11 is 1.67. The molecule has 0 atom stereocenters. The molecule has 0 aliphatic carbocycles. The maximum absolute atomic E-state index is 12.6. The van der Waals surface area contributed by atoms with Gasteiger partial charge in [0.05, 0.1) is 10.6 Å². The summed E-state index contributed by atoms with van der Waals surface area (Å²) in [6, 6.07) is 5.88. The molecule has 0 spiro atoms. The Bertz CT molecular complexity index is 721. The van der Waals surface area contributed by atoms with E-state index in [0.29, 0.717) is 31.9 Å². The van der Waals surface area contributed by atoms with E-state index in [9.17, 15) is 9.59 Å². The SMILES string of the molecule is CC(=O)N1CCCN(C(=O)c2cc(-c3ccc(C)s3)[nH]n2)CC1. The van der Waals surface area contributed by atoms with Crippen LogP contribution in [0.4, 0.5) is 0 Å². The van der Waals surface area contributed by atoms with Crippen LogP contribution in [0.5, 0.6) is 0 Å². The van der Waals surface area contributed by atoms with E-state index in [4.69, 9.17) is 0 Å². The fourth-order valence-electron chi connectivity index (χ4n) is 2.73. The number of thiophene rings is 1. The maximum Gasteiger partial charge on any atom is 0.274 e. The van der Waals surface area contributed by atoms with Crippen molar-refractivity contribution < 1.29 is 9.59 Å². The zero-order valence-corrected chi connectivity index (χ0v) is 14.2. The van der Waals surface area contributed by atoms with Gasteiger partial charge in [-0.15, -0.1) is 11.3 Å². The minimum atomic E-state index is -0.0776. The molecule has 1 saturated heterocycles. The van der Waals surface area contributed by atoms with E-state index < -0.39 is 0 Å². The van der Waals surface area contributed by atoms with Crippen LogP contribution in [0.25, 0.3) is 10.6 Å². The predicted octanol–water partition coefficient (Wildman–Crippen LogP) is 2.14. The van der Waals surface area contributed by atoms with Crippen LogP contribution < -0.4 is 0 Å². The van der Waals surface area contributed by atoms with Gasteiger partial charge in [-0.2, -0.15) is 5.10 Å². The van der Waals surface area contributed by atoms with E-state index in [0.717, 1.165) is 17.0 Å². The van der Waals surface area contributed by atoms with E-state index in [1.165, 1.54) is 4.88 Å². The van der Waals surface area contributed by atoms with E-state index in [1.807, 2.05) is 12.1 Å². The summed E-state index contributed by atoms with van der Waals surface area (Å²) in [5.41, 5.74) is 1.30. The highest BCUT2D eigenvalue weighted by Crippen LogP contribution is 2.26. The van der Waals surface area contributed by atoms with Gasteiger partial charge in [-0.05, 0) is 31.5 Å². The molecule has 1 aliphatic heterocycles. The number of nitrogens with zero attached hydrogens (tertiary/aromatic N) is 3. The Balaban J connectivity index is 1.71. The smallest absolute Gasteiger partial charge is 0.274 e. The van der Waals surface area contributed by atoms with Gasteiger partial charge in [-0.25, -0.2) is 0 Å². The number of aryl methyl sites for hydroxylation is 1. The van der Waals surface area contributed by atoms with Gasteiger partial charge < -0.3 is 9.80 Å². The molecule has 1 N–H and O–H groups in total. The molecule has 7 heteroatoms. The molecule has 23 heavy (non-hydrogen) atoms. The lowest BCUT2D eigenvalue weighted by Crippen LogP contribution is -2.36. The van der Waals surface area contributed by atoms with Crippen molar-refractivity contribution in [2.24, 2.45) is 0 Å². The second kappa shape index (κ2) is 6.54. The summed E-state index contributed by atoms with van der Waals surface area (Å²) in [5.74, 6) is -0.0133. The van der Waals surface area contributed by atoms with Gasteiger partial charge in [-0.3, -0.25) is 14.7 Å². The van der Waals surface area contributed by atoms with Crippen LogP contribution in [0.1, 0.15) is 28.7 Å². The number of aromatic amines is 1. The molecule has 6 nitrogen and oxygen atoms in total. The molecule has 2 aromatic rings. The van der Waals surface area contributed by atoms with Crippen LogP contribution in [-0.4, -0.2) is 58.0 Å². The molecule has 0 saturated carbocycles. The van der Waals surface area contributed by atoms with Crippen molar-refractivity contribution in [1.29, 1.82) is 0 Å². The summed E-state index contributed by atoms with van der Waals surface area (Å²) in [6.07, 6.45) is 0.798. The highest BCUT2D eigenvalue weighted by molar-refractivity contribution is 7.15. The van der Waals surface area contributed by atoms with E-state index in [2.05, 4.69) is 17.1 Å². The fourth-order valence-corrected chi connectivity index (χ4v) is 3.57. The lowest BCUT2D eigenvalue weighted by molar-refractivity contribution is -0.128. The van der Waals surface area contributed by atoms with Crippen molar-refractivity contribution in [2.45, 2.75) is 20.3 Å². The minimum Gasteiger partial charge on any atom is -0.341 e. The Kier molecular flexibility index (Phi) is 4.47. The number of aromatic nitrogens is 2. The number of carbonyl (C=O) groups is 2. The monoisotopic (exact) mass is 332 g/mol. The molecule has 3 heterocycles. The largest absolute Gasteiger partial charge is 0.341 e. The normalized spacial score (nSPS) is 15.6. The third-order valence-electron chi connectivity index (χ3n) is 4.03. The van der Waals surface area contributed by atoms with Crippen LogP contribution in [0, 0.1) is 6.92 Å². The lowest BCUT2D eigenvalue weighted by Gasteiger charge is -2.20. The van der Waals surface area contributed by atoms with Gasteiger partial charge in [0.1, 0.15) is 0 Å². The van der Waals surface area contributed by atoms with Crippen molar-refractivity contribution in [2.75, 3.05) is 26.2 Å². The van der Waals surface area contributed by atoms with Crippen LogP contribution in [-0.2, 0) is 4.79 Å². The molecule has 1 aliphatic rings. The number of nitrogens with one attached hydrogen (secondary N) is 1. The highest BCUT2D eigenvalue weighted by Gasteiger charge is 2.23. The highest BCUT2D eigenvalue weighted by atomic mass is 32.1. The summed E-state index contributed by atoms with van der Waals surface area (Å²) in [7, 11) is 0. The molecule has 0 radical (unpaired) electrons. The first-order valence-corrected chi connectivity index (χ1v) is 8.53. The number of H-pyrrole nitrogens is 1. The van der Waals surface area contributed by atoms with Gasteiger partial charge in [0, 0.05) is 38.0 Å². The Morgan fingerprint density at radius 2 is 1.91 bits per heavy atom. The van der Waals surface area contributed by atoms with E-state index >= 15 is 0 Å². The first kappa shape index (κ1) is 15.7. The lowest BCUT2D eigenvalue weighted by atomic mass is 10.2. The van der Waals surface area contributed by atoms with Crippen molar-refractivity contribution in [3.8, 4) is 10.6 Å². The molecule has 3 rings (SSSR count). The van der Waals surface area contributed by atoms with Crippen molar-refractivity contribution in [3.63, 3.8) is 0 Å². The van der Waals surface area contributed by atoms with Gasteiger partial charge in [-0.1, -0.05) is 0 Å². The Morgan fingerprint density at radius 1 is 1.17 bits per heavy atom. The van der Waals surface area contributed by atoms with Gasteiger partial charge in [0.15, 0.2) is 5.69 Å². The van der Waals surface area contributed by atoms with E-state index in [1.54, 1.807) is 34.1 Å². The average molecular weight is 332 g/mol. The molecule has 2 aromatic heterocycles. The maximum atomic E-state index is 12.6. The zero-order valence-electron chi connectivity index (χ0n) is 13.3. The Hall–Kier alpha value is -2.15. The topological polar surface area (TPSA) is 69.3 Å². The third kappa shape index (κ3) is 3.44. The fraction of sp³-hybridized carbons (Fsp3) is 0.438. The second-order valence-corrected chi connectivity index (χ2v) is 7.02. The zero-order chi connectivity index (χ0) is 16.4. The van der Waals surface area contributed by atoms with Crippen LogP contribution >= 0.6 is 11.3 Å². The Morgan fingerprint density at radius 3 is 2.61 bits per heavy atom. The molecule has 0 aromatic carbocycles. The first-order valence-electron chi connectivity index (χ1n) is 7.71. The molecule has 0 unspecified atom stereocenters. The predicted molar refractivity (Wildman–Crippen MR) is 89.4 cm³/mol. The van der Waals surface area contributed by atoms with Crippen LogP contribution in [0.2, 0.25) is 0 Å². The van der Waals surface area contributed by atoms with Crippen molar-refractivity contribution >= 4 is 23.2 Å². The first-order chi connectivity index (χ1) is 11.0. The molecule has 1 fully saturated rings. The molecule has 2 amide bonds. The summed E-state index contributed by atoms with van der Waals surface area (Å²) in [5, 5.41) is 7.12. The molecular formula is C16H20N4O2S. The third-order valence-corrected chi connectivity index (χ3v) is 5.07. The van der Waals surface area contributed by atoms with Crippen molar-refractivity contribution in [1.82, 2.24) is 20.0 Å². The number of amides is 2. The molecule has 0 bridgehead atoms. The molecular weight excluding hydrogens is 312 g/mol. The minimum absolute atomic E-state index is 0.0643. The van der Waals surface area contributed by atoms with Gasteiger partial charge in [0.25, 0.3) is 5.91 Å². The summed E-state index contributed by atoms with van der Waals surface area (Å²) < 4.78 is 0. The summed E-state index contributed by atoms with van der Waals surface area (Å²) in [6.45, 7) is 6.12. The van der Waals surface area contributed by atoms with Crippen molar-refractivity contribution in [3.05, 3.63) is 28.8 Å². The van der Waals surface area contributed by atoms with Gasteiger partial charge >= 0.3 is 0 Å². The number of rotatable bonds is 2. The summed E-state index contributed by atoms with van der Waals surface area (Å²) in [4.78, 5) is 30.0. The number of carbonyl (C=O) groups excluding carboxylic acids is 2. The average Bonchev–Trinajstić information content (AvgIpc) is 3.09. The molecule has 122 valence electrons. The van der Waals surface area contributed by atoms with Crippen LogP contribution in [0.15, 0.2) is 18.2 Å². The quantitative estimate of drug-likeness (QED) is 0.916.